The van der Waals surface area contributed by atoms with Crippen molar-refractivity contribution in [2.75, 3.05) is 13.2 Å². The van der Waals surface area contributed by atoms with Gasteiger partial charge >= 0.3 is 0 Å². The molecule has 1 saturated heterocycles. The highest BCUT2D eigenvalue weighted by molar-refractivity contribution is 8.18. The van der Waals surface area contributed by atoms with Crippen molar-refractivity contribution in [3.05, 3.63) is 40.8 Å². The van der Waals surface area contributed by atoms with E-state index in [2.05, 4.69) is 12.5 Å². The van der Waals surface area contributed by atoms with Crippen LogP contribution in [0.5, 0.6) is 11.5 Å². The lowest BCUT2D eigenvalue weighted by Crippen LogP contribution is -2.41. The number of benzene rings is 1. The van der Waals surface area contributed by atoms with Crippen LogP contribution in [0.1, 0.15) is 82.3 Å². The predicted molar refractivity (Wildman–Crippen MR) is 149 cm³/mol. The summed E-state index contributed by atoms with van der Waals surface area (Å²) in [6.07, 6.45) is 21.6. The van der Waals surface area contributed by atoms with Crippen LogP contribution in [0.15, 0.2) is 34.7 Å². The molecule has 1 aromatic carbocycles. The monoisotopic (exact) mass is 506 g/mol. The first-order valence-electron chi connectivity index (χ1n) is 13.4. The van der Waals surface area contributed by atoms with E-state index in [1.54, 1.807) is 0 Å². The first-order valence-corrected chi connectivity index (χ1v) is 14.2. The molecule has 0 radical (unpaired) electrons. The molecule has 192 valence electrons. The Morgan fingerprint density at radius 3 is 2.53 bits per heavy atom. The second-order valence-electron chi connectivity index (χ2n) is 9.71. The van der Waals surface area contributed by atoms with Gasteiger partial charge in [0.1, 0.15) is 6.61 Å². The van der Waals surface area contributed by atoms with Gasteiger partial charge in [-0.05, 0) is 74.6 Å². The number of terminal acetylenes is 1. The number of thioether (sulfide) groups is 1. The summed E-state index contributed by atoms with van der Waals surface area (Å²) in [5.74, 6) is 3.88. The van der Waals surface area contributed by atoms with E-state index in [-0.39, 0.29) is 18.6 Å². The fraction of sp³-hybridized carbons (Fsp3) is 0.533. The molecule has 3 aliphatic rings. The Morgan fingerprint density at radius 2 is 1.86 bits per heavy atom. The van der Waals surface area contributed by atoms with Gasteiger partial charge in [0.2, 0.25) is 0 Å². The fourth-order valence-electron chi connectivity index (χ4n) is 5.37. The number of amidine groups is 1. The third kappa shape index (κ3) is 6.37. The molecular weight excluding hydrogens is 468 g/mol. The summed E-state index contributed by atoms with van der Waals surface area (Å²) < 4.78 is 11.7. The predicted octanol–water partition coefficient (Wildman–Crippen LogP) is 6.76. The van der Waals surface area contributed by atoms with Crippen LogP contribution in [0.25, 0.3) is 6.08 Å². The number of rotatable bonds is 9. The summed E-state index contributed by atoms with van der Waals surface area (Å²) in [5, 5.41) is 0.898. The number of allylic oxidation sites excluding steroid dienone is 1. The van der Waals surface area contributed by atoms with Crippen LogP contribution in [0.3, 0.4) is 0 Å². The van der Waals surface area contributed by atoms with Crippen LogP contribution >= 0.6 is 11.8 Å². The molecular formula is C30H38N2O3S. The number of carbonyl (C=O) groups excluding carboxylic acids is 1. The number of aliphatic imine (C=N–C) groups is 1. The van der Waals surface area contributed by atoms with Gasteiger partial charge in [0.05, 0.1) is 17.6 Å². The van der Waals surface area contributed by atoms with Crippen molar-refractivity contribution in [3.63, 3.8) is 0 Å². The van der Waals surface area contributed by atoms with E-state index in [1.807, 2.05) is 36.1 Å². The van der Waals surface area contributed by atoms with Gasteiger partial charge in [0.25, 0.3) is 5.91 Å². The standard InChI is InChI=1S/C30H38N2O3S/c1-4-13-23-19-22(20-26(34-6-3)28(23)35-18-5-2)21-27-29(33)32(25-16-11-8-12-17-25)30(36-27)31-24-14-9-7-10-15-24/h2,4,19-21,24-25H,1,6-18H2,3H3. The van der Waals surface area contributed by atoms with Gasteiger partial charge in [-0.15, -0.1) is 13.0 Å². The lowest BCUT2D eigenvalue weighted by Gasteiger charge is -2.31. The van der Waals surface area contributed by atoms with Crippen LogP contribution < -0.4 is 9.47 Å². The largest absolute Gasteiger partial charge is 0.490 e. The van der Waals surface area contributed by atoms with Crippen molar-refractivity contribution in [1.82, 2.24) is 4.90 Å². The topological polar surface area (TPSA) is 51.1 Å². The zero-order valence-electron chi connectivity index (χ0n) is 21.5. The number of hydrogen-bond donors (Lipinski definition) is 0. The van der Waals surface area contributed by atoms with Crippen molar-refractivity contribution in [2.45, 2.75) is 89.6 Å². The minimum absolute atomic E-state index is 0.0809. The Hall–Kier alpha value is -2.65. The van der Waals surface area contributed by atoms with Gasteiger partial charge in [-0.25, -0.2) is 0 Å². The van der Waals surface area contributed by atoms with E-state index < -0.39 is 0 Å². The number of carbonyl (C=O) groups is 1. The summed E-state index contributed by atoms with van der Waals surface area (Å²) in [6, 6.07) is 4.56. The molecule has 5 nitrogen and oxygen atoms in total. The van der Waals surface area contributed by atoms with Crippen molar-refractivity contribution in [1.29, 1.82) is 0 Å². The molecule has 1 heterocycles. The van der Waals surface area contributed by atoms with Crippen molar-refractivity contribution in [3.8, 4) is 23.8 Å². The molecule has 0 spiro atoms. The Kier molecular flexibility index (Phi) is 9.58. The van der Waals surface area contributed by atoms with E-state index in [9.17, 15) is 4.79 Å². The minimum Gasteiger partial charge on any atom is -0.490 e. The second kappa shape index (κ2) is 13.1. The van der Waals surface area contributed by atoms with Crippen molar-refractivity contribution < 1.29 is 14.3 Å². The maximum absolute atomic E-state index is 13.8. The molecule has 1 amide bonds. The molecule has 6 heteroatoms. The second-order valence-corrected chi connectivity index (χ2v) is 10.7. The quantitative estimate of drug-likeness (QED) is 0.211. The van der Waals surface area contributed by atoms with Gasteiger partial charge < -0.3 is 9.47 Å². The lowest BCUT2D eigenvalue weighted by molar-refractivity contribution is -0.124. The SMILES string of the molecule is C#CCOc1c(CC=C)cc(C=C2SC(=NC3CCCCC3)N(C3CCCCC3)C2=O)cc1OCC. The summed E-state index contributed by atoms with van der Waals surface area (Å²) in [5.41, 5.74) is 1.84. The molecule has 3 fully saturated rings. The molecule has 1 aliphatic heterocycles. The van der Waals surface area contributed by atoms with Crippen LogP contribution in [0.2, 0.25) is 0 Å². The van der Waals surface area contributed by atoms with E-state index >= 15 is 0 Å². The highest BCUT2D eigenvalue weighted by atomic mass is 32.2. The normalized spacial score (nSPS) is 21.7. The third-order valence-electron chi connectivity index (χ3n) is 7.06. The highest BCUT2D eigenvalue weighted by Crippen LogP contribution is 2.40. The smallest absolute Gasteiger partial charge is 0.266 e. The van der Waals surface area contributed by atoms with Gasteiger partial charge in [0, 0.05) is 11.6 Å². The molecule has 36 heavy (non-hydrogen) atoms. The first-order chi connectivity index (χ1) is 17.6. The van der Waals surface area contributed by atoms with Gasteiger partial charge in [-0.1, -0.05) is 50.5 Å². The van der Waals surface area contributed by atoms with Crippen molar-refractivity contribution >= 4 is 28.9 Å². The van der Waals surface area contributed by atoms with Crippen LogP contribution in [-0.4, -0.2) is 41.3 Å². The summed E-state index contributed by atoms with van der Waals surface area (Å²) in [4.78, 5) is 21.6. The molecule has 0 aromatic heterocycles. The van der Waals surface area contributed by atoms with E-state index in [4.69, 9.17) is 20.9 Å². The molecule has 0 bridgehead atoms. The number of hydrogen-bond acceptors (Lipinski definition) is 5. The Balaban J connectivity index is 1.69. The third-order valence-corrected chi connectivity index (χ3v) is 8.06. The Bertz CT molecular complexity index is 1040. The fourth-order valence-corrected chi connectivity index (χ4v) is 6.48. The number of amides is 1. The summed E-state index contributed by atoms with van der Waals surface area (Å²) in [6.45, 7) is 6.50. The maximum atomic E-state index is 13.8. The molecule has 0 N–H and O–H groups in total. The number of nitrogens with zero attached hydrogens (tertiary/aromatic N) is 2. The average molecular weight is 507 g/mol. The minimum atomic E-state index is 0.0809. The van der Waals surface area contributed by atoms with E-state index in [0.717, 1.165) is 46.9 Å². The van der Waals surface area contributed by atoms with Gasteiger partial charge in [-0.2, -0.15) is 0 Å². The van der Waals surface area contributed by atoms with Crippen molar-refractivity contribution in [2.24, 2.45) is 4.99 Å². The van der Waals surface area contributed by atoms with Gasteiger partial charge in [0.15, 0.2) is 16.7 Å². The van der Waals surface area contributed by atoms with Crippen LogP contribution in [-0.2, 0) is 11.2 Å². The molecule has 2 aliphatic carbocycles. The molecule has 0 atom stereocenters. The Morgan fingerprint density at radius 1 is 1.14 bits per heavy atom. The average Bonchev–Trinajstić information content (AvgIpc) is 3.19. The zero-order chi connectivity index (χ0) is 25.3. The van der Waals surface area contributed by atoms with Crippen LogP contribution in [0, 0.1) is 12.3 Å². The molecule has 4 rings (SSSR count). The zero-order valence-corrected chi connectivity index (χ0v) is 22.3. The summed E-state index contributed by atoms with van der Waals surface area (Å²) in [7, 11) is 0. The van der Waals surface area contributed by atoms with Crippen LogP contribution in [0.4, 0.5) is 0 Å². The molecule has 0 unspecified atom stereocenters. The summed E-state index contributed by atoms with van der Waals surface area (Å²) >= 11 is 1.53. The van der Waals surface area contributed by atoms with Gasteiger partial charge in [-0.3, -0.25) is 14.7 Å². The maximum Gasteiger partial charge on any atom is 0.266 e. The lowest BCUT2D eigenvalue weighted by atomic mass is 9.94. The number of ether oxygens (including phenoxy) is 2. The van der Waals surface area contributed by atoms with E-state index in [1.165, 1.54) is 50.3 Å². The first kappa shape index (κ1) is 26.4. The highest BCUT2D eigenvalue weighted by Gasteiger charge is 2.39. The van der Waals surface area contributed by atoms with E-state index in [0.29, 0.717) is 30.6 Å². The Labute approximate surface area is 220 Å². The molecule has 1 aromatic rings. The molecule has 2 saturated carbocycles.